The first-order valence-corrected chi connectivity index (χ1v) is 9.48. The number of hydrogen-bond acceptors (Lipinski definition) is 1. The van der Waals surface area contributed by atoms with Gasteiger partial charge < -0.3 is 5.41 Å². The molecule has 0 spiro atoms. The van der Waals surface area contributed by atoms with E-state index in [4.69, 9.17) is 5.41 Å². The van der Waals surface area contributed by atoms with Crippen molar-refractivity contribution in [3.05, 3.63) is 24.3 Å². The molecule has 0 aromatic heterocycles. The Bertz CT molecular complexity index is 530. The van der Waals surface area contributed by atoms with E-state index >= 15 is 0 Å². The zero-order chi connectivity index (χ0) is 15.5. The van der Waals surface area contributed by atoms with Gasteiger partial charge in [0.05, 0.1) is 0 Å². The lowest BCUT2D eigenvalue weighted by atomic mass is 9.48. The van der Waals surface area contributed by atoms with Crippen LogP contribution in [0.1, 0.15) is 58.8 Å². The van der Waals surface area contributed by atoms with Crippen LogP contribution >= 0.6 is 0 Å². The lowest BCUT2D eigenvalue weighted by Crippen LogP contribution is -2.49. The highest BCUT2D eigenvalue weighted by Gasteiger charge is 2.57. The quantitative estimate of drug-likeness (QED) is 0.607. The molecule has 3 saturated carbocycles. The summed E-state index contributed by atoms with van der Waals surface area (Å²) < 4.78 is 0. The SMILES string of the molecule is C=CC12CCC3C4CCC(=N)C=C4CC(C)C3C1CCC2C. The van der Waals surface area contributed by atoms with Crippen LogP contribution in [0.25, 0.3) is 0 Å². The largest absolute Gasteiger partial charge is 0.305 e. The van der Waals surface area contributed by atoms with Gasteiger partial charge in [-0.2, -0.15) is 0 Å². The van der Waals surface area contributed by atoms with E-state index in [1.807, 2.05) is 0 Å². The Morgan fingerprint density at radius 1 is 1.23 bits per heavy atom. The van der Waals surface area contributed by atoms with E-state index in [9.17, 15) is 0 Å². The van der Waals surface area contributed by atoms with Gasteiger partial charge in [0.1, 0.15) is 0 Å². The average molecular weight is 297 g/mol. The highest BCUT2D eigenvalue weighted by Crippen LogP contribution is 2.65. The van der Waals surface area contributed by atoms with Crippen molar-refractivity contribution in [3.8, 4) is 0 Å². The van der Waals surface area contributed by atoms with Crippen molar-refractivity contribution < 1.29 is 0 Å². The molecule has 3 fully saturated rings. The second-order valence-electron chi connectivity index (χ2n) is 8.75. The Balaban J connectivity index is 1.70. The predicted octanol–water partition coefficient (Wildman–Crippen LogP) is 5.63. The zero-order valence-corrected chi connectivity index (χ0v) is 14.3. The Kier molecular flexibility index (Phi) is 3.40. The number of allylic oxidation sites excluding steroid dienone is 3. The molecule has 1 heteroatoms. The minimum atomic E-state index is 0.442. The molecule has 0 radical (unpaired) electrons. The second kappa shape index (κ2) is 5.08. The lowest BCUT2D eigenvalue weighted by molar-refractivity contribution is -0.0266. The van der Waals surface area contributed by atoms with Crippen LogP contribution in [-0.4, -0.2) is 5.71 Å². The summed E-state index contributed by atoms with van der Waals surface area (Å²) in [5.74, 6) is 5.12. The Morgan fingerprint density at radius 3 is 2.82 bits per heavy atom. The van der Waals surface area contributed by atoms with Crippen molar-refractivity contribution in [2.24, 2.45) is 40.9 Å². The summed E-state index contributed by atoms with van der Waals surface area (Å²) in [6.45, 7) is 9.25. The van der Waals surface area contributed by atoms with Crippen molar-refractivity contribution in [3.63, 3.8) is 0 Å². The first-order chi connectivity index (χ1) is 10.6. The number of fused-ring (bicyclic) bond motifs is 5. The smallest absolute Gasteiger partial charge is 0.0313 e. The molecule has 120 valence electrons. The Morgan fingerprint density at radius 2 is 2.05 bits per heavy atom. The molecule has 1 nitrogen and oxygen atoms in total. The summed E-state index contributed by atoms with van der Waals surface area (Å²) in [4.78, 5) is 0. The van der Waals surface area contributed by atoms with E-state index in [-0.39, 0.29) is 0 Å². The average Bonchev–Trinajstić information content (AvgIpc) is 2.84. The number of hydrogen-bond donors (Lipinski definition) is 1. The summed E-state index contributed by atoms with van der Waals surface area (Å²) >= 11 is 0. The Labute approximate surface area is 135 Å². The highest BCUT2D eigenvalue weighted by molar-refractivity contribution is 5.93. The maximum absolute atomic E-state index is 8.02. The maximum Gasteiger partial charge on any atom is 0.0313 e. The van der Waals surface area contributed by atoms with E-state index in [0.29, 0.717) is 5.41 Å². The normalized spacial score (nSPS) is 50.6. The van der Waals surface area contributed by atoms with Crippen LogP contribution in [0.3, 0.4) is 0 Å². The summed E-state index contributed by atoms with van der Waals surface area (Å²) in [5.41, 5.74) is 2.95. The van der Waals surface area contributed by atoms with Gasteiger partial charge in [-0.3, -0.25) is 0 Å². The molecule has 4 aliphatic rings. The molecule has 0 aromatic rings. The number of rotatable bonds is 1. The lowest BCUT2D eigenvalue weighted by Gasteiger charge is -2.56. The minimum absolute atomic E-state index is 0.442. The van der Waals surface area contributed by atoms with Gasteiger partial charge in [-0.25, -0.2) is 0 Å². The molecule has 0 bridgehead atoms. The molecule has 0 aromatic carbocycles. The fourth-order valence-electron chi connectivity index (χ4n) is 7.07. The highest BCUT2D eigenvalue weighted by atomic mass is 14.6. The van der Waals surface area contributed by atoms with E-state index in [0.717, 1.165) is 47.6 Å². The van der Waals surface area contributed by atoms with Gasteiger partial charge in [-0.1, -0.05) is 25.5 Å². The molecule has 0 saturated heterocycles. The van der Waals surface area contributed by atoms with Gasteiger partial charge in [0, 0.05) is 5.71 Å². The summed E-state index contributed by atoms with van der Waals surface area (Å²) in [6.07, 6.45) is 13.7. The monoisotopic (exact) mass is 297 g/mol. The first kappa shape index (κ1) is 14.7. The van der Waals surface area contributed by atoms with Crippen LogP contribution in [0.2, 0.25) is 0 Å². The van der Waals surface area contributed by atoms with Crippen LogP contribution in [-0.2, 0) is 0 Å². The fraction of sp³-hybridized carbons (Fsp3) is 0.762. The van der Waals surface area contributed by atoms with Crippen molar-refractivity contribution in [1.29, 1.82) is 5.41 Å². The third-order valence-electron chi connectivity index (χ3n) is 8.06. The molecule has 7 unspecified atom stereocenters. The first-order valence-electron chi connectivity index (χ1n) is 9.48. The second-order valence-corrected chi connectivity index (χ2v) is 8.75. The summed E-state index contributed by atoms with van der Waals surface area (Å²) in [5, 5.41) is 8.02. The van der Waals surface area contributed by atoms with Gasteiger partial charge >= 0.3 is 0 Å². The summed E-state index contributed by atoms with van der Waals surface area (Å²) in [7, 11) is 0. The summed E-state index contributed by atoms with van der Waals surface area (Å²) in [6, 6.07) is 0. The van der Waals surface area contributed by atoms with Crippen molar-refractivity contribution in [2.75, 3.05) is 0 Å². The Hall–Kier alpha value is -0.850. The standard InChI is InChI=1S/C21H31N/c1-4-21-10-9-18-17-7-6-16(22)12-15(17)11-13(2)20(18)19(21)8-5-14(21)3/h4,12-14,17-20,22H,1,5-11H2,2-3H3. The third-order valence-corrected chi connectivity index (χ3v) is 8.06. The van der Waals surface area contributed by atoms with E-state index in [2.05, 4.69) is 32.6 Å². The van der Waals surface area contributed by atoms with E-state index < -0.39 is 0 Å². The van der Waals surface area contributed by atoms with Crippen LogP contribution in [0.4, 0.5) is 0 Å². The van der Waals surface area contributed by atoms with Crippen LogP contribution in [0, 0.1) is 46.3 Å². The molecule has 7 atom stereocenters. The van der Waals surface area contributed by atoms with Gasteiger partial charge in [0.25, 0.3) is 0 Å². The van der Waals surface area contributed by atoms with Crippen molar-refractivity contribution >= 4 is 5.71 Å². The molecule has 0 heterocycles. The fourth-order valence-corrected chi connectivity index (χ4v) is 7.07. The predicted molar refractivity (Wildman–Crippen MR) is 93.0 cm³/mol. The topological polar surface area (TPSA) is 23.9 Å². The van der Waals surface area contributed by atoms with Gasteiger partial charge in [-0.15, -0.1) is 6.58 Å². The minimum Gasteiger partial charge on any atom is -0.305 e. The molecule has 1 N–H and O–H groups in total. The van der Waals surface area contributed by atoms with Gasteiger partial charge in [0.2, 0.25) is 0 Å². The molecule has 0 aliphatic heterocycles. The van der Waals surface area contributed by atoms with Crippen LogP contribution in [0.5, 0.6) is 0 Å². The molecule has 0 amide bonds. The molecular formula is C21H31N. The maximum atomic E-state index is 8.02. The molecule has 22 heavy (non-hydrogen) atoms. The van der Waals surface area contributed by atoms with Gasteiger partial charge in [-0.05, 0) is 91.9 Å². The zero-order valence-electron chi connectivity index (χ0n) is 14.3. The van der Waals surface area contributed by atoms with E-state index in [1.165, 1.54) is 38.5 Å². The molecule has 4 aliphatic carbocycles. The molecule has 4 rings (SSSR count). The van der Waals surface area contributed by atoms with Crippen molar-refractivity contribution in [1.82, 2.24) is 0 Å². The van der Waals surface area contributed by atoms with Crippen molar-refractivity contribution in [2.45, 2.75) is 58.8 Å². The number of nitrogens with one attached hydrogen (secondary N) is 1. The van der Waals surface area contributed by atoms with E-state index in [1.54, 1.807) is 5.57 Å². The van der Waals surface area contributed by atoms with Crippen LogP contribution < -0.4 is 0 Å². The third kappa shape index (κ3) is 1.87. The van der Waals surface area contributed by atoms with Gasteiger partial charge in [0.15, 0.2) is 0 Å². The van der Waals surface area contributed by atoms with Crippen LogP contribution in [0.15, 0.2) is 24.3 Å². The molecular weight excluding hydrogens is 266 g/mol.